The van der Waals surface area contributed by atoms with Crippen molar-refractivity contribution in [2.75, 3.05) is 20.2 Å². The second-order valence-electron chi connectivity index (χ2n) is 5.56. The zero-order valence-corrected chi connectivity index (χ0v) is 12.2. The van der Waals surface area contributed by atoms with Crippen LogP contribution in [0.2, 0.25) is 0 Å². The molecule has 1 aromatic carbocycles. The summed E-state index contributed by atoms with van der Waals surface area (Å²) in [6, 6.07) is 7.49. The summed E-state index contributed by atoms with van der Waals surface area (Å²) in [7, 11) is 1.62. The number of carbonyl (C=O) groups excluding carboxylic acids is 1. The molecular weight excluding hydrogens is 254 g/mol. The van der Waals surface area contributed by atoms with E-state index in [4.69, 9.17) is 4.74 Å². The molecule has 0 radical (unpaired) electrons. The van der Waals surface area contributed by atoms with Crippen LogP contribution in [0.1, 0.15) is 19.4 Å². The minimum Gasteiger partial charge on any atom is -0.497 e. The average Bonchev–Trinajstić information content (AvgIpc) is 2.41. The number of likely N-dealkylation sites (tertiary alicyclic amines) is 1. The van der Waals surface area contributed by atoms with E-state index in [2.05, 4.69) is 0 Å². The Morgan fingerprint density at radius 1 is 1.35 bits per heavy atom. The topological polar surface area (TPSA) is 49.8 Å². The van der Waals surface area contributed by atoms with Crippen LogP contribution in [0.25, 0.3) is 6.08 Å². The molecule has 0 unspecified atom stereocenters. The third-order valence-electron chi connectivity index (χ3n) is 3.85. The molecule has 0 bridgehead atoms. The predicted molar refractivity (Wildman–Crippen MR) is 78.4 cm³/mol. The molecule has 0 spiro atoms. The van der Waals surface area contributed by atoms with Gasteiger partial charge in [0, 0.05) is 6.08 Å². The summed E-state index contributed by atoms with van der Waals surface area (Å²) in [5, 5.41) is 10.1. The Hall–Kier alpha value is -1.81. The van der Waals surface area contributed by atoms with Crippen molar-refractivity contribution in [3.63, 3.8) is 0 Å². The number of nitrogens with zero attached hydrogens (tertiary/aromatic N) is 1. The number of β-amino-alcohol motifs (C(OH)–C–C–N with tert-alkyl or cyclic N) is 1. The van der Waals surface area contributed by atoms with Gasteiger partial charge >= 0.3 is 0 Å². The van der Waals surface area contributed by atoms with Crippen LogP contribution in [0.15, 0.2) is 30.3 Å². The highest BCUT2D eigenvalue weighted by molar-refractivity contribution is 5.92. The van der Waals surface area contributed by atoms with E-state index in [0.717, 1.165) is 11.3 Å². The van der Waals surface area contributed by atoms with Crippen molar-refractivity contribution >= 4 is 12.0 Å². The fourth-order valence-corrected chi connectivity index (χ4v) is 2.12. The summed E-state index contributed by atoms with van der Waals surface area (Å²) in [4.78, 5) is 13.6. The van der Waals surface area contributed by atoms with Gasteiger partial charge in [0.25, 0.3) is 0 Å². The standard InChI is InChI=1S/C16H21NO3/c1-12(2)16(19)10-17(11-16)15(18)9-6-13-4-7-14(20-3)8-5-13/h4-9,12,19H,10-11H2,1-3H3. The summed E-state index contributed by atoms with van der Waals surface area (Å²) in [5.74, 6) is 0.890. The Labute approximate surface area is 119 Å². The summed E-state index contributed by atoms with van der Waals surface area (Å²) in [6.07, 6.45) is 3.32. The smallest absolute Gasteiger partial charge is 0.246 e. The van der Waals surface area contributed by atoms with Crippen LogP contribution in [0.4, 0.5) is 0 Å². The van der Waals surface area contributed by atoms with E-state index in [1.807, 2.05) is 38.1 Å². The number of ether oxygens (including phenoxy) is 1. The van der Waals surface area contributed by atoms with Crippen LogP contribution in [0.5, 0.6) is 5.75 Å². The summed E-state index contributed by atoms with van der Waals surface area (Å²) >= 11 is 0. The minimum absolute atomic E-state index is 0.0638. The molecule has 108 valence electrons. The number of amides is 1. The SMILES string of the molecule is COc1ccc(C=CC(=O)N2CC(O)(C(C)C)C2)cc1. The number of methoxy groups -OCH3 is 1. The molecule has 1 saturated heterocycles. The van der Waals surface area contributed by atoms with Gasteiger partial charge in [0.1, 0.15) is 11.4 Å². The Kier molecular flexibility index (Phi) is 4.14. The summed E-state index contributed by atoms with van der Waals surface area (Å²) in [5.41, 5.74) is 0.225. The zero-order chi connectivity index (χ0) is 14.8. The third kappa shape index (κ3) is 3.02. The molecule has 1 fully saturated rings. The Balaban J connectivity index is 1.90. The lowest BCUT2D eigenvalue weighted by Gasteiger charge is -2.48. The fourth-order valence-electron chi connectivity index (χ4n) is 2.12. The van der Waals surface area contributed by atoms with Gasteiger partial charge in [-0.3, -0.25) is 4.79 Å². The van der Waals surface area contributed by atoms with Gasteiger partial charge < -0.3 is 14.7 Å². The Bertz CT molecular complexity index is 499. The molecule has 1 aliphatic rings. The predicted octanol–water partition coefficient (Wildman–Crippen LogP) is 1.94. The third-order valence-corrected chi connectivity index (χ3v) is 3.85. The zero-order valence-electron chi connectivity index (χ0n) is 12.2. The van der Waals surface area contributed by atoms with Gasteiger partial charge in [0.05, 0.1) is 20.2 Å². The second-order valence-corrected chi connectivity index (χ2v) is 5.56. The highest BCUT2D eigenvalue weighted by Crippen LogP contribution is 2.28. The number of aliphatic hydroxyl groups is 1. The average molecular weight is 275 g/mol. The van der Waals surface area contributed by atoms with E-state index < -0.39 is 5.60 Å². The molecule has 1 amide bonds. The van der Waals surface area contributed by atoms with Gasteiger partial charge in [0.2, 0.25) is 5.91 Å². The van der Waals surface area contributed by atoms with E-state index in [-0.39, 0.29) is 11.8 Å². The van der Waals surface area contributed by atoms with Crippen molar-refractivity contribution in [1.29, 1.82) is 0 Å². The molecular formula is C16H21NO3. The molecule has 0 aromatic heterocycles. The van der Waals surface area contributed by atoms with Crippen molar-refractivity contribution in [1.82, 2.24) is 4.90 Å². The van der Waals surface area contributed by atoms with Gasteiger partial charge in [0.15, 0.2) is 0 Å². The number of hydrogen-bond acceptors (Lipinski definition) is 3. The molecule has 20 heavy (non-hydrogen) atoms. The van der Waals surface area contributed by atoms with E-state index in [0.29, 0.717) is 13.1 Å². The molecule has 1 heterocycles. The highest BCUT2D eigenvalue weighted by Gasteiger charge is 2.45. The Morgan fingerprint density at radius 2 is 1.95 bits per heavy atom. The molecule has 2 rings (SSSR count). The fraction of sp³-hybridized carbons (Fsp3) is 0.438. The number of benzene rings is 1. The molecule has 0 aliphatic carbocycles. The van der Waals surface area contributed by atoms with Crippen LogP contribution >= 0.6 is 0 Å². The normalized spacial score (nSPS) is 17.4. The number of rotatable bonds is 4. The monoisotopic (exact) mass is 275 g/mol. The largest absolute Gasteiger partial charge is 0.497 e. The van der Waals surface area contributed by atoms with E-state index >= 15 is 0 Å². The summed E-state index contributed by atoms with van der Waals surface area (Å²) < 4.78 is 5.08. The maximum Gasteiger partial charge on any atom is 0.246 e. The number of hydrogen-bond donors (Lipinski definition) is 1. The first-order chi connectivity index (χ1) is 9.44. The molecule has 1 N–H and O–H groups in total. The molecule has 0 saturated carbocycles. The molecule has 0 atom stereocenters. The molecule has 4 heteroatoms. The molecule has 4 nitrogen and oxygen atoms in total. The van der Waals surface area contributed by atoms with Crippen LogP contribution in [-0.4, -0.2) is 41.7 Å². The maximum atomic E-state index is 11.9. The van der Waals surface area contributed by atoms with E-state index in [1.54, 1.807) is 24.2 Å². The van der Waals surface area contributed by atoms with Crippen molar-refractivity contribution < 1.29 is 14.6 Å². The highest BCUT2D eigenvalue weighted by atomic mass is 16.5. The van der Waals surface area contributed by atoms with Crippen LogP contribution in [-0.2, 0) is 4.79 Å². The molecule has 1 aliphatic heterocycles. The van der Waals surface area contributed by atoms with Gasteiger partial charge in [-0.25, -0.2) is 0 Å². The first-order valence-corrected chi connectivity index (χ1v) is 6.78. The first kappa shape index (κ1) is 14.6. The van der Waals surface area contributed by atoms with Crippen LogP contribution in [0.3, 0.4) is 0 Å². The maximum absolute atomic E-state index is 11.9. The lowest BCUT2D eigenvalue weighted by Crippen LogP contribution is -2.65. The van der Waals surface area contributed by atoms with Crippen molar-refractivity contribution in [2.24, 2.45) is 5.92 Å². The Morgan fingerprint density at radius 3 is 2.45 bits per heavy atom. The van der Waals surface area contributed by atoms with E-state index in [1.165, 1.54) is 0 Å². The molecule has 1 aromatic rings. The van der Waals surface area contributed by atoms with Gasteiger partial charge in [-0.2, -0.15) is 0 Å². The van der Waals surface area contributed by atoms with Crippen molar-refractivity contribution in [2.45, 2.75) is 19.4 Å². The summed E-state index contributed by atoms with van der Waals surface area (Å²) in [6.45, 7) is 4.76. The van der Waals surface area contributed by atoms with Gasteiger partial charge in [-0.05, 0) is 29.7 Å². The second kappa shape index (κ2) is 5.67. The quantitative estimate of drug-likeness (QED) is 0.854. The number of carbonyl (C=O) groups is 1. The minimum atomic E-state index is -0.719. The van der Waals surface area contributed by atoms with Crippen LogP contribution in [0, 0.1) is 5.92 Å². The van der Waals surface area contributed by atoms with Crippen molar-refractivity contribution in [3.8, 4) is 5.75 Å². The van der Waals surface area contributed by atoms with Gasteiger partial charge in [-0.15, -0.1) is 0 Å². The van der Waals surface area contributed by atoms with Crippen LogP contribution < -0.4 is 4.74 Å². The van der Waals surface area contributed by atoms with Gasteiger partial charge in [-0.1, -0.05) is 26.0 Å². The first-order valence-electron chi connectivity index (χ1n) is 6.78. The lowest BCUT2D eigenvalue weighted by molar-refractivity contribution is -0.158. The lowest BCUT2D eigenvalue weighted by atomic mass is 9.83. The van der Waals surface area contributed by atoms with E-state index in [9.17, 15) is 9.90 Å². The van der Waals surface area contributed by atoms with Crippen molar-refractivity contribution in [3.05, 3.63) is 35.9 Å².